The van der Waals surface area contributed by atoms with E-state index in [1.165, 1.54) is 0 Å². The van der Waals surface area contributed by atoms with Crippen molar-refractivity contribution in [3.8, 4) is 0 Å². The zero-order chi connectivity index (χ0) is 17.1. The quantitative estimate of drug-likeness (QED) is 0.729. The zero-order valence-electron chi connectivity index (χ0n) is 15.1. The van der Waals surface area contributed by atoms with Crippen molar-refractivity contribution in [3.63, 3.8) is 0 Å². The number of rotatable bonds is 2. The van der Waals surface area contributed by atoms with E-state index < -0.39 is 17.1 Å². The van der Waals surface area contributed by atoms with Crippen molar-refractivity contribution in [1.82, 2.24) is 0 Å². The van der Waals surface area contributed by atoms with Crippen LogP contribution >= 0.6 is 0 Å². The van der Waals surface area contributed by atoms with E-state index in [9.17, 15) is 15.3 Å². The summed E-state index contributed by atoms with van der Waals surface area (Å²) >= 11 is 0. The predicted octanol–water partition coefficient (Wildman–Crippen LogP) is 2.49. The first kappa shape index (κ1) is 17.7. The first-order valence-electron chi connectivity index (χ1n) is 9.27. The van der Waals surface area contributed by atoms with Gasteiger partial charge in [0.1, 0.15) is 0 Å². The van der Waals surface area contributed by atoms with E-state index in [1.807, 2.05) is 13.8 Å². The van der Waals surface area contributed by atoms with Crippen LogP contribution in [-0.4, -0.2) is 45.8 Å². The molecule has 2 saturated carbocycles. The molecular formula is C19H34O4. The Morgan fingerprint density at radius 3 is 2.22 bits per heavy atom. The van der Waals surface area contributed by atoms with Crippen LogP contribution in [-0.2, 0) is 4.74 Å². The Kier molecular flexibility index (Phi) is 4.16. The highest BCUT2D eigenvalue weighted by Gasteiger charge is 2.68. The Hall–Kier alpha value is -0.160. The van der Waals surface area contributed by atoms with Gasteiger partial charge in [-0.25, -0.2) is 0 Å². The Balaban J connectivity index is 2.04. The smallest absolute Gasteiger partial charge is 0.0893 e. The first-order valence-corrected chi connectivity index (χ1v) is 9.27. The molecule has 3 rings (SSSR count). The Labute approximate surface area is 140 Å². The van der Waals surface area contributed by atoms with Gasteiger partial charge in [-0.05, 0) is 57.3 Å². The first-order chi connectivity index (χ1) is 10.7. The van der Waals surface area contributed by atoms with Gasteiger partial charge in [-0.1, -0.05) is 20.8 Å². The lowest BCUT2D eigenvalue weighted by molar-refractivity contribution is -0.268. The average molecular weight is 326 g/mol. The van der Waals surface area contributed by atoms with Gasteiger partial charge in [-0.2, -0.15) is 0 Å². The minimum Gasteiger partial charge on any atom is -0.396 e. The molecule has 23 heavy (non-hydrogen) atoms. The molecule has 0 unspecified atom stereocenters. The van der Waals surface area contributed by atoms with Crippen LogP contribution in [0.5, 0.6) is 0 Å². The van der Waals surface area contributed by atoms with Gasteiger partial charge in [-0.3, -0.25) is 0 Å². The minimum atomic E-state index is -0.457. The summed E-state index contributed by atoms with van der Waals surface area (Å²) in [5.41, 5.74) is -1.22. The lowest BCUT2D eigenvalue weighted by atomic mass is 9.43. The van der Waals surface area contributed by atoms with E-state index in [4.69, 9.17) is 4.74 Å². The maximum atomic E-state index is 10.6. The summed E-state index contributed by atoms with van der Waals surface area (Å²) in [5.74, 6) is 0.691. The fourth-order valence-electron chi connectivity index (χ4n) is 6.34. The molecule has 3 N–H and O–H groups in total. The van der Waals surface area contributed by atoms with Crippen LogP contribution in [0.1, 0.15) is 66.2 Å². The van der Waals surface area contributed by atoms with Gasteiger partial charge in [-0.15, -0.1) is 0 Å². The minimum absolute atomic E-state index is 0.0240. The second-order valence-corrected chi connectivity index (χ2v) is 9.27. The van der Waals surface area contributed by atoms with Crippen molar-refractivity contribution < 1.29 is 20.1 Å². The molecule has 3 aliphatic rings. The van der Waals surface area contributed by atoms with E-state index >= 15 is 0 Å². The Morgan fingerprint density at radius 1 is 0.957 bits per heavy atom. The van der Waals surface area contributed by atoms with Crippen molar-refractivity contribution in [2.24, 2.45) is 22.7 Å². The molecule has 134 valence electrons. The second-order valence-electron chi connectivity index (χ2n) is 9.27. The summed E-state index contributed by atoms with van der Waals surface area (Å²) in [6, 6.07) is 0. The molecule has 1 saturated heterocycles. The van der Waals surface area contributed by atoms with Crippen molar-refractivity contribution in [2.45, 2.75) is 83.5 Å². The molecule has 3 fully saturated rings. The van der Waals surface area contributed by atoms with E-state index in [2.05, 4.69) is 13.8 Å². The van der Waals surface area contributed by atoms with Crippen molar-refractivity contribution in [1.29, 1.82) is 0 Å². The third kappa shape index (κ3) is 2.18. The van der Waals surface area contributed by atoms with Crippen molar-refractivity contribution in [3.05, 3.63) is 0 Å². The summed E-state index contributed by atoms with van der Waals surface area (Å²) in [6.07, 6.45) is 5.15. The maximum absolute atomic E-state index is 10.6. The SMILES string of the molecule is C[C@@H]1CC[C@@H]2[C@](C)(CO)[C@@H](O)CC[C@]2(C)[C@@]12CC[C@](C)(CO)O2. The van der Waals surface area contributed by atoms with Crippen LogP contribution in [0, 0.1) is 22.7 Å². The van der Waals surface area contributed by atoms with Gasteiger partial charge < -0.3 is 20.1 Å². The molecule has 0 aromatic carbocycles. The topological polar surface area (TPSA) is 69.9 Å². The normalized spacial score (nSPS) is 56.7. The van der Waals surface area contributed by atoms with Gasteiger partial charge in [0.05, 0.1) is 30.5 Å². The highest BCUT2D eigenvalue weighted by molar-refractivity contribution is 5.17. The molecule has 1 aliphatic heterocycles. The lowest BCUT2D eigenvalue weighted by Crippen LogP contribution is -2.66. The van der Waals surface area contributed by atoms with Crippen LogP contribution in [0.25, 0.3) is 0 Å². The highest BCUT2D eigenvalue weighted by Crippen LogP contribution is 2.67. The molecule has 4 nitrogen and oxygen atoms in total. The summed E-state index contributed by atoms with van der Waals surface area (Å²) in [5, 5.41) is 30.5. The third-order valence-electron chi connectivity index (χ3n) is 8.04. The average Bonchev–Trinajstić information content (AvgIpc) is 2.90. The summed E-state index contributed by atoms with van der Waals surface area (Å²) in [7, 11) is 0. The number of aliphatic hydroxyl groups is 3. The Morgan fingerprint density at radius 2 is 1.65 bits per heavy atom. The van der Waals surface area contributed by atoms with Crippen LogP contribution in [0.3, 0.4) is 0 Å². The van der Waals surface area contributed by atoms with Crippen LogP contribution in [0.2, 0.25) is 0 Å². The molecule has 0 amide bonds. The molecule has 7 atom stereocenters. The third-order valence-corrected chi connectivity index (χ3v) is 8.04. The van der Waals surface area contributed by atoms with E-state index in [0.717, 1.165) is 38.5 Å². The number of hydrogen-bond donors (Lipinski definition) is 3. The van der Waals surface area contributed by atoms with Crippen molar-refractivity contribution >= 4 is 0 Å². The fraction of sp³-hybridized carbons (Fsp3) is 1.00. The molecule has 2 aliphatic carbocycles. The molecule has 0 radical (unpaired) electrons. The van der Waals surface area contributed by atoms with Crippen LogP contribution < -0.4 is 0 Å². The van der Waals surface area contributed by atoms with E-state index in [0.29, 0.717) is 5.92 Å². The number of hydrogen-bond acceptors (Lipinski definition) is 4. The maximum Gasteiger partial charge on any atom is 0.0893 e. The predicted molar refractivity (Wildman–Crippen MR) is 89.0 cm³/mol. The van der Waals surface area contributed by atoms with Gasteiger partial charge >= 0.3 is 0 Å². The monoisotopic (exact) mass is 326 g/mol. The molecule has 4 heteroatoms. The van der Waals surface area contributed by atoms with Gasteiger partial charge in [0.2, 0.25) is 0 Å². The largest absolute Gasteiger partial charge is 0.396 e. The molecule has 1 spiro atoms. The van der Waals surface area contributed by atoms with Gasteiger partial charge in [0.15, 0.2) is 0 Å². The number of fused-ring (bicyclic) bond motifs is 2. The molecule has 0 bridgehead atoms. The standard InChI is InChI=1S/C19H34O4/c1-13-5-6-14-17(3,12-21)15(22)7-8-18(14,4)19(13)10-9-16(2,11-20)23-19/h13-15,20-22H,5-12H2,1-4H3/t13-,14-,15+,16-,17+,18+,19-/m1/s1. The second kappa shape index (κ2) is 5.42. The number of aliphatic hydroxyl groups excluding tert-OH is 3. The van der Waals surface area contributed by atoms with Gasteiger partial charge in [0, 0.05) is 10.8 Å². The van der Waals surface area contributed by atoms with Crippen molar-refractivity contribution in [2.75, 3.05) is 13.2 Å². The summed E-state index contributed by atoms with van der Waals surface area (Å²) < 4.78 is 6.67. The molecular weight excluding hydrogens is 292 g/mol. The summed E-state index contributed by atoms with van der Waals surface area (Å²) in [4.78, 5) is 0. The molecule has 0 aromatic heterocycles. The van der Waals surface area contributed by atoms with Crippen LogP contribution in [0.15, 0.2) is 0 Å². The van der Waals surface area contributed by atoms with Crippen LogP contribution in [0.4, 0.5) is 0 Å². The number of ether oxygens (including phenoxy) is 1. The van der Waals surface area contributed by atoms with E-state index in [-0.39, 0.29) is 30.1 Å². The Bertz CT molecular complexity index is 468. The highest BCUT2D eigenvalue weighted by atomic mass is 16.5. The summed E-state index contributed by atoms with van der Waals surface area (Å²) in [6.45, 7) is 8.74. The zero-order valence-corrected chi connectivity index (χ0v) is 15.1. The fourth-order valence-corrected chi connectivity index (χ4v) is 6.34. The molecule has 1 heterocycles. The molecule has 0 aromatic rings. The van der Waals surface area contributed by atoms with Gasteiger partial charge in [0.25, 0.3) is 0 Å². The lowest BCUT2D eigenvalue weighted by Gasteiger charge is -2.65. The van der Waals surface area contributed by atoms with E-state index in [1.54, 1.807) is 0 Å².